The molecule has 2 rings (SSSR count). The van der Waals surface area contributed by atoms with E-state index in [0.29, 0.717) is 13.0 Å². The number of rotatable bonds is 4. The summed E-state index contributed by atoms with van der Waals surface area (Å²) in [5.41, 5.74) is 1.13. The lowest BCUT2D eigenvalue weighted by Crippen LogP contribution is -2.35. The summed E-state index contributed by atoms with van der Waals surface area (Å²) in [6, 6.07) is 2.03. The zero-order chi connectivity index (χ0) is 15.1. The van der Waals surface area contributed by atoms with Gasteiger partial charge in [-0.15, -0.1) is 23.1 Å². The molecule has 0 saturated carbocycles. The van der Waals surface area contributed by atoms with Gasteiger partial charge in [0.1, 0.15) is 0 Å². The number of aliphatic hydroxyl groups excluding tert-OH is 1. The van der Waals surface area contributed by atoms with Gasteiger partial charge in [0.05, 0.1) is 16.7 Å². The highest BCUT2D eigenvalue weighted by atomic mass is 32.2. The molecule has 1 aromatic rings. The normalized spacial score (nSPS) is 17.9. The molecule has 114 valence electrons. The Morgan fingerprint density at radius 3 is 3.10 bits per heavy atom. The van der Waals surface area contributed by atoms with E-state index in [-0.39, 0.29) is 17.8 Å². The van der Waals surface area contributed by atoms with E-state index in [1.165, 1.54) is 12.8 Å². The maximum Gasteiger partial charge on any atom is 0.235 e. The molecular formula is C16H21NO2S2. The molecule has 0 radical (unpaired) electrons. The zero-order valence-corrected chi connectivity index (χ0v) is 13.9. The molecule has 1 aromatic heterocycles. The fourth-order valence-corrected chi connectivity index (χ4v) is 4.35. The summed E-state index contributed by atoms with van der Waals surface area (Å²) in [6.45, 7) is 0.746. The lowest BCUT2D eigenvalue weighted by atomic mass is 10.1. The molecule has 2 heterocycles. The minimum Gasteiger partial charge on any atom is -0.395 e. The first-order valence-electron chi connectivity index (χ1n) is 7.24. The van der Waals surface area contributed by atoms with Gasteiger partial charge < -0.3 is 10.0 Å². The minimum absolute atomic E-state index is 0.0987. The number of carbonyl (C=O) groups excluding carboxylic acids is 1. The molecule has 0 aliphatic carbocycles. The van der Waals surface area contributed by atoms with Crippen LogP contribution in [0.2, 0.25) is 0 Å². The van der Waals surface area contributed by atoms with Crippen LogP contribution in [0.15, 0.2) is 11.4 Å². The second-order valence-electron chi connectivity index (χ2n) is 5.14. The number of amides is 1. The van der Waals surface area contributed by atoms with Crippen LogP contribution in [0.1, 0.15) is 36.1 Å². The van der Waals surface area contributed by atoms with Gasteiger partial charge in [-0.3, -0.25) is 4.79 Å². The topological polar surface area (TPSA) is 40.5 Å². The van der Waals surface area contributed by atoms with E-state index in [4.69, 9.17) is 5.11 Å². The number of thioether (sulfide) groups is 1. The van der Waals surface area contributed by atoms with Gasteiger partial charge >= 0.3 is 0 Å². The number of nitrogens with zero attached hydrogens (tertiary/aromatic N) is 1. The van der Waals surface area contributed by atoms with E-state index >= 15 is 0 Å². The maximum atomic E-state index is 12.4. The Balaban J connectivity index is 1.88. The van der Waals surface area contributed by atoms with Crippen molar-refractivity contribution in [2.24, 2.45) is 0 Å². The number of thiophene rings is 1. The van der Waals surface area contributed by atoms with Crippen molar-refractivity contribution in [1.29, 1.82) is 0 Å². The van der Waals surface area contributed by atoms with Gasteiger partial charge in [0.15, 0.2) is 0 Å². The van der Waals surface area contributed by atoms with Crippen LogP contribution in [-0.2, 0) is 11.3 Å². The molecule has 1 unspecified atom stereocenters. The van der Waals surface area contributed by atoms with Crippen LogP contribution < -0.4 is 0 Å². The van der Waals surface area contributed by atoms with Gasteiger partial charge in [-0.1, -0.05) is 18.3 Å². The second kappa shape index (κ2) is 8.47. The molecule has 3 nitrogen and oxygen atoms in total. The predicted molar refractivity (Wildman–Crippen MR) is 89.5 cm³/mol. The molecule has 1 fully saturated rings. The van der Waals surface area contributed by atoms with E-state index in [1.807, 2.05) is 18.0 Å². The maximum absolute atomic E-state index is 12.4. The molecule has 1 saturated heterocycles. The molecule has 1 amide bonds. The van der Waals surface area contributed by atoms with Crippen LogP contribution in [0.25, 0.3) is 0 Å². The third-order valence-electron chi connectivity index (χ3n) is 3.35. The van der Waals surface area contributed by atoms with Crippen LogP contribution >= 0.6 is 23.1 Å². The van der Waals surface area contributed by atoms with E-state index in [0.717, 1.165) is 22.6 Å². The van der Waals surface area contributed by atoms with Crippen molar-refractivity contribution in [3.05, 3.63) is 21.9 Å². The van der Waals surface area contributed by atoms with Crippen molar-refractivity contribution < 1.29 is 9.90 Å². The van der Waals surface area contributed by atoms with Gasteiger partial charge in [0.2, 0.25) is 5.91 Å². The van der Waals surface area contributed by atoms with Gasteiger partial charge in [-0.05, 0) is 35.6 Å². The fourth-order valence-electron chi connectivity index (χ4n) is 2.26. The van der Waals surface area contributed by atoms with Crippen molar-refractivity contribution >= 4 is 29.0 Å². The van der Waals surface area contributed by atoms with Crippen molar-refractivity contribution in [3.8, 4) is 11.8 Å². The van der Waals surface area contributed by atoms with E-state index in [9.17, 15) is 4.79 Å². The first-order chi connectivity index (χ1) is 10.2. The lowest BCUT2D eigenvalue weighted by molar-refractivity contribution is -0.130. The van der Waals surface area contributed by atoms with Crippen molar-refractivity contribution in [2.75, 3.05) is 19.4 Å². The zero-order valence-electron chi connectivity index (χ0n) is 12.3. The van der Waals surface area contributed by atoms with Gasteiger partial charge in [-0.25, -0.2) is 0 Å². The van der Waals surface area contributed by atoms with Crippen LogP contribution in [0.3, 0.4) is 0 Å². The van der Waals surface area contributed by atoms with E-state index in [2.05, 4.69) is 17.2 Å². The molecule has 1 aliphatic heterocycles. The summed E-state index contributed by atoms with van der Waals surface area (Å²) in [7, 11) is 1.88. The van der Waals surface area contributed by atoms with Gasteiger partial charge in [0.25, 0.3) is 0 Å². The number of aliphatic hydroxyl groups is 1. The average Bonchev–Trinajstić information content (AvgIpc) is 2.95. The molecule has 0 bridgehead atoms. The Hall–Kier alpha value is -0.960. The first kappa shape index (κ1) is 16.4. The van der Waals surface area contributed by atoms with Crippen molar-refractivity contribution in [3.63, 3.8) is 0 Å². The van der Waals surface area contributed by atoms with Crippen molar-refractivity contribution in [2.45, 2.75) is 37.5 Å². The van der Waals surface area contributed by atoms with E-state index < -0.39 is 0 Å². The van der Waals surface area contributed by atoms with Crippen LogP contribution in [-0.4, -0.2) is 40.6 Å². The monoisotopic (exact) mass is 323 g/mol. The quantitative estimate of drug-likeness (QED) is 0.866. The highest BCUT2D eigenvalue weighted by molar-refractivity contribution is 8.00. The highest BCUT2D eigenvalue weighted by Gasteiger charge is 2.24. The second-order valence-corrected chi connectivity index (χ2v) is 7.37. The predicted octanol–water partition coefficient (Wildman–Crippen LogP) is 2.73. The molecule has 0 spiro atoms. The molecule has 1 atom stereocenters. The summed E-state index contributed by atoms with van der Waals surface area (Å²) in [6.07, 6.45) is 3.92. The third kappa shape index (κ3) is 5.06. The molecule has 5 heteroatoms. The summed E-state index contributed by atoms with van der Waals surface area (Å²) < 4.78 is 0. The molecule has 1 aliphatic rings. The third-order valence-corrected chi connectivity index (χ3v) is 5.61. The SMILES string of the molecule is CN(Cc1csc(C#CCCO)c1)C(=O)C1CCCCS1. The largest absolute Gasteiger partial charge is 0.395 e. The number of hydrogen-bond donors (Lipinski definition) is 1. The Bertz CT molecular complexity index is 524. The smallest absolute Gasteiger partial charge is 0.235 e. The number of carbonyl (C=O) groups is 1. The van der Waals surface area contributed by atoms with Crippen LogP contribution in [0, 0.1) is 11.8 Å². The fraction of sp³-hybridized carbons (Fsp3) is 0.562. The van der Waals surface area contributed by atoms with Gasteiger partial charge in [-0.2, -0.15) is 0 Å². The summed E-state index contributed by atoms with van der Waals surface area (Å²) in [5, 5.41) is 10.9. The Morgan fingerprint density at radius 2 is 2.38 bits per heavy atom. The molecule has 1 N–H and O–H groups in total. The molecule has 0 aromatic carbocycles. The Labute approximate surface area is 134 Å². The highest BCUT2D eigenvalue weighted by Crippen LogP contribution is 2.27. The van der Waals surface area contributed by atoms with Crippen LogP contribution in [0.5, 0.6) is 0 Å². The first-order valence-corrected chi connectivity index (χ1v) is 9.17. The average molecular weight is 323 g/mol. The van der Waals surface area contributed by atoms with Gasteiger partial charge in [0, 0.05) is 20.0 Å². The van der Waals surface area contributed by atoms with E-state index in [1.54, 1.807) is 23.1 Å². The summed E-state index contributed by atoms with van der Waals surface area (Å²) in [4.78, 5) is 15.2. The lowest BCUT2D eigenvalue weighted by Gasteiger charge is -2.25. The summed E-state index contributed by atoms with van der Waals surface area (Å²) >= 11 is 3.39. The minimum atomic E-state index is 0.0987. The van der Waals surface area contributed by atoms with Crippen LogP contribution in [0.4, 0.5) is 0 Å². The van der Waals surface area contributed by atoms with Crippen molar-refractivity contribution in [1.82, 2.24) is 4.90 Å². The molecular weight excluding hydrogens is 302 g/mol. The Kier molecular flexibility index (Phi) is 6.62. The standard InChI is InChI=1S/C16H21NO2S2/c1-17(16(19)15-7-3-5-9-20-15)11-13-10-14(21-12-13)6-2-4-8-18/h10,12,15,18H,3-5,7-9,11H2,1H3. The number of hydrogen-bond acceptors (Lipinski definition) is 4. The molecule has 21 heavy (non-hydrogen) atoms. The Morgan fingerprint density at radius 1 is 1.52 bits per heavy atom. The summed E-state index contributed by atoms with van der Waals surface area (Å²) in [5.74, 6) is 7.31.